The van der Waals surface area contributed by atoms with Gasteiger partial charge in [-0.15, -0.1) is 0 Å². The highest BCUT2D eigenvalue weighted by molar-refractivity contribution is 9.10. The average molecular weight is 451 g/mol. The van der Waals surface area contributed by atoms with E-state index in [9.17, 15) is 9.59 Å². The number of rotatable bonds is 3. The number of carbonyl (C=O) groups excluding carboxylic acids is 2. The third-order valence-electron chi connectivity index (χ3n) is 5.60. The number of nitrogens with one attached hydrogen (secondary N) is 1. The van der Waals surface area contributed by atoms with E-state index in [1.807, 2.05) is 72.5 Å². The molecule has 1 saturated heterocycles. The largest absolute Gasteiger partial charge is 0.339 e. The minimum absolute atomic E-state index is 0.0315. The topological polar surface area (TPSA) is 49.4 Å². The van der Waals surface area contributed by atoms with Crippen molar-refractivity contribution in [3.63, 3.8) is 0 Å². The highest BCUT2D eigenvalue weighted by Crippen LogP contribution is 2.25. The monoisotopic (exact) mass is 450 g/mol. The van der Waals surface area contributed by atoms with Crippen LogP contribution >= 0.6 is 15.9 Å². The zero-order valence-electron chi connectivity index (χ0n) is 16.3. The summed E-state index contributed by atoms with van der Waals surface area (Å²) in [6.07, 6.45) is 1.36. The van der Waals surface area contributed by atoms with Crippen molar-refractivity contribution in [3.8, 4) is 0 Å². The lowest BCUT2D eigenvalue weighted by atomic mass is 9.94. The molecule has 0 bridgehead atoms. The molecule has 1 aliphatic heterocycles. The van der Waals surface area contributed by atoms with E-state index in [0.717, 1.165) is 32.1 Å². The number of aryl methyl sites for hydroxylation is 1. The number of nitrogens with zero attached hydrogens (tertiary/aromatic N) is 1. The van der Waals surface area contributed by atoms with Gasteiger partial charge in [0.15, 0.2) is 0 Å². The number of hydrogen-bond acceptors (Lipinski definition) is 2. The number of halogens is 1. The number of piperidine rings is 1. The van der Waals surface area contributed by atoms with E-state index in [1.165, 1.54) is 0 Å². The van der Waals surface area contributed by atoms with Gasteiger partial charge in [-0.3, -0.25) is 9.59 Å². The van der Waals surface area contributed by atoms with Crippen molar-refractivity contribution >= 4 is 44.2 Å². The molecule has 0 saturated carbocycles. The summed E-state index contributed by atoms with van der Waals surface area (Å²) in [6.45, 7) is 3.19. The first kappa shape index (κ1) is 19.6. The molecule has 0 aliphatic carbocycles. The van der Waals surface area contributed by atoms with Crippen LogP contribution in [0.1, 0.15) is 28.8 Å². The molecule has 0 radical (unpaired) electrons. The van der Waals surface area contributed by atoms with Crippen molar-refractivity contribution in [2.24, 2.45) is 5.92 Å². The number of carbonyl (C=O) groups is 2. The van der Waals surface area contributed by atoms with Gasteiger partial charge in [0.2, 0.25) is 5.91 Å². The lowest BCUT2D eigenvalue weighted by molar-refractivity contribution is -0.121. The van der Waals surface area contributed by atoms with Crippen molar-refractivity contribution in [1.82, 2.24) is 4.90 Å². The van der Waals surface area contributed by atoms with E-state index < -0.39 is 0 Å². The fourth-order valence-electron chi connectivity index (χ4n) is 3.89. The van der Waals surface area contributed by atoms with Crippen LogP contribution < -0.4 is 5.32 Å². The van der Waals surface area contributed by atoms with Crippen LogP contribution in [0, 0.1) is 12.8 Å². The number of likely N-dealkylation sites (tertiary alicyclic amines) is 1. The molecule has 29 heavy (non-hydrogen) atoms. The van der Waals surface area contributed by atoms with Gasteiger partial charge < -0.3 is 10.2 Å². The predicted molar refractivity (Wildman–Crippen MR) is 120 cm³/mol. The van der Waals surface area contributed by atoms with Gasteiger partial charge in [-0.05, 0) is 60.4 Å². The summed E-state index contributed by atoms with van der Waals surface area (Å²) in [5.74, 6) is 0.00342. The Bertz CT molecular complexity index is 1070. The number of hydrogen-bond donors (Lipinski definition) is 1. The van der Waals surface area contributed by atoms with Crippen LogP contribution in [0.3, 0.4) is 0 Å². The molecule has 3 aromatic rings. The quantitative estimate of drug-likeness (QED) is 0.580. The highest BCUT2D eigenvalue weighted by Gasteiger charge is 2.28. The molecule has 4 rings (SSSR count). The first-order valence-electron chi connectivity index (χ1n) is 9.87. The number of fused-ring (bicyclic) bond motifs is 1. The van der Waals surface area contributed by atoms with Crippen molar-refractivity contribution in [1.29, 1.82) is 0 Å². The van der Waals surface area contributed by atoms with Gasteiger partial charge in [0.05, 0.1) is 0 Å². The summed E-state index contributed by atoms with van der Waals surface area (Å²) in [5, 5.41) is 5.06. The first-order valence-corrected chi connectivity index (χ1v) is 10.7. The normalized spacial score (nSPS) is 14.8. The van der Waals surface area contributed by atoms with Crippen molar-refractivity contribution < 1.29 is 9.59 Å². The van der Waals surface area contributed by atoms with E-state index in [-0.39, 0.29) is 17.7 Å². The Kier molecular flexibility index (Phi) is 5.67. The molecule has 1 fully saturated rings. The van der Waals surface area contributed by atoms with Crippen LogP contribution in [0.4, 0.5) is 5.69 Å². The molecule has 0 atom stereocenters. The molecule has 1 N–H and O–H groups in total. The van der Waals surface area contributed by atoms with E-state index in [4.69, 9.17) is 0 Å². The Morgan fingerprint density at radius 1 is 1.00 bits per heavy atom. The summed E-state index contributed by atoms with van der Waals surface area (Å²) >= 11 is 3.48. The molecule has 5 heteroatoms. The van der Waals surface area contributed by atoms with Crippen LogP contribution in [-0.4, -0.2) is 29.8 Å². The minimum Gasteiger partial charge on any atom is -0.339 e. The second kappa shape index (κ2) is 8.37. The number of anilines is 1. The van der Waals surface area contributed by atoms with Gasteiger partial charge in [-0.2, -0.15) is 0 Å². The minimum atomic E-state index is -0.0736. The highest BCUT2D eigenvalue weighted by atomic mass is 79.9. The van der Waals surface area contributed by atoms with Gasteiger partial charge in [0, 0.05) is 34.7 Å². The molecule has 0 unspecified atom stereocenters. The third-order valence-corrected chi connectivity index (χ3v) is 6.49. The average Bonchev–Trinajstić information content (AvgIpc) is 2.75. The van der Waals surface area contributed by atoms with Crippen molar-refractivity contribution in [2.45, 2.75) is 19.8 Å². The molecule has 3 aromatic carbocycles. The van der Waals surface area contributed by atoms with E-state index in [2.05, 4.69) is 21.2 Å². The Hall–Kier alpha value is -2.66. The molecule has 2 amide bonds. The molecule has 148 valence electrons. The zero-order chi connectivity index (χ0) is 20.4. The molecule has 1 aliphatic rings. The second-order valence-electron chi connectivity index (χ2n) is 7.55. The summed E-state index contributed by atoms with van der Waals surface area (Å²) in [5.41, 5.74) is 2.62. The standard InChI is InChI=1S/C24H23BrN2O2/c1-16-15-19(9-10-22(16)25)26-23(28)18-11-13-27(14-12-18)24(29)21-8-4-6-17-5-2-3-7-20(17)21/h2-10,15,18H,11-14H2,1H3,(H,26,28). The fraction of sp³-hybridized carbons (Fsp3) is 0.250. The van der Waals surface area contributed by atoms with E-state index in [0.29, 0.717) is 25.9 Å². The van der Waals surface area contributed by atoms with Crippen LogP contribution in [0.5, 0.6) is 0 Å². The Morgan fingerprint density at radius 3 is 2.48 bits per heavy atom. The summed E-state index contributed by atoms with van der Waals surface area (Å²) in [6, 6.07) is 19.6. The number of benzene rings is 3. The maximum absolute atomic E-state index is 13.1. The third kappa shape index (κ3) is 4.20. The lowest BCUT2D eigenvalue weighted by Gasteiger charge is -2.31. The van der Waals surface area contributed by atoms with E-state index >= 15 is 0 Å². The molecular weight excluding hydrogens is 428 g/mol. The maximum atomic E-state index is 13.1. The van der Waals surface area contributed by atoms with Crippen molar-refractivity contribution in [2.75, 3.05) is 18.4 Å². The van der Waals surface area contributed by atoms with Gasteiger partial charge in [-0.25, -0.2) is 0 Å². The summed E-state index contributed by atoms with van der Waals surface area (Å²) in [7, 11) is 0. The predicted octanol–water partition coefficient (Wildman–Crippen LogP) is 5.40. The molecule has 0 aromatic heterocycles. The lowest BCUT2D eigenvalue weighted by Crippen LogP contribution is -2.41. The Balaban J connectivity index is 1.40. The van der Waals surface area contributed by atoms with Crippen LogP contribution in [0.15, 0.2) is 65.1 Å². The SMILES string of the molecule is Cc1cc(NC(=O)C2CCN(C(=O)c3cccc4ccccc34)CC2)ccc1Br. The second-order valence-corrected chi connectivity index (χ2v) is 8.40. The van der Waals surface area contributed by atoms with Gasteiger partial charge in [0.25, 0.3) is 5.91 Å². The van der Waals surface area contributed by atoms with E-state index in [1.54, 1.807) is 0 Å². The zero-order valence-corrected chi connectivity index (χ0v) is 17.9. The Labute approximate surface area is 179 Å². The van der Waals surface area contributed by atoms with Crippen LogP contribution in [0.25, 0.3) is 10.8 Å². The Morgan fingerprint density at radius 2 is 1.72 bits per heavy atom. The van der Waals surface area contributed by atoms with Gasteiger partial charge in [-0.1, -0.05) is 52.3 Å². The van der Waals surface area contributed by atoms with Gasteiger partial charge >= 0.3 is 0 Å². The maximum Gasteiger partial charge on any atom is 0.254 e. The fourth-order valence-corrected chi connectivity index (χ4v) is 4.14. The smallest absolute Gasteiger partial charge is 0.254 e. The molecule has 0 spiro atoms. The summed E-state index contributed by atoms with van der Waals surface area (Å²) in [4.78, 5) is 27.6. The van der Waals surface area contributed by atoms with Crippen LogP contribution in [-0.2, 0) is 4.79 Å². The first-order chi connectivity index (χ1) is 14.0. The van der Waals surface area contributed by atoms with Crippen LogP contribution in [0.2, 0.25) is 0 Å². The summed E-state index contributed by atoms with van der Waals surface area (Å²) < 4.78 is 1.02. The molecular formula is C24H23BrN2O2. The van der Waals surface area contributed by atoms with Gasteiger partial charge in [0.1, 0.15) is 0 Å². The molecule has 1 heterocycles. The van der Waals surface area contributed by atoms with Crippen molar-refractivity contribution in [3.05, 3.63) is 76.3 Å². The number of amides is 2. The molecule has 4 nitrogen and oxygen atoms in total.